The number of aromatic amines is 1. The number of hydrogen-bond donors (Lipinski definition) is 2. The molecule has 1 aromatic carbocycles. The van der Waals surface area contributed by atoms with Crippen LogP contribution in [0.3, 0.4) is 0 Å². The molecule has 26 heavy (non-hydrogen) atoms. The molecule has 3 aromatic heterocycles. The fourth-order valence-electron chi connectivity index (χ4n) is 3.00. The number of aliphatic imine (C=N–C) groups is 1. The zero-order valence-corrected chi connectivity index (χ0v) is 14.6. The fraction of sp³-hybridized carbons (Fsp3) is 0.100. The van der Waals surface area contributed by atoms with E-state index < -0.39 is 0 Å². The van der Waals surface area contributed by atoms with Gasteiger partial charge in [-0.15, -0.1) is 0 Å². The molecular weight excluding hydrogens is 324 g/mol. The molecule has 128 valence electrons. The second-order valence-electron chi connectivity index (χ2n) is 6.09. The number of nitrogens with one attached hydrogen (secondary N) is 1. The van der Waals surface area contributed by atoms with Crippen molar-refractivity contribution in [1.82, 2.24) is 19.9 Å². The maximum absolute atomic E-state index is 5.88. The summed E-state index contributed by atoms with van der Waals surface area (Å²) in [7, 11) is 1.77. The summed E-state index contributed by atoms with van der Waals surface area (Å²) in [5, 5.41) is 0. The van der Waals surface area contributed by atoms with Crippen molar-refractivity contribution in [3.8, 4) is 11.1 Å². The monoisotopic (exact) mass is 342 g/mol. The predicted octanol–water partition coefficient (Wildman–Crippen LogP) is 3.38. The number of nitrogens with two attached hydrogens (primary N) is 1. The lowest BCUT2D eigenvalue weighted by molar-refractivity contribution is 1.25. The van der Waals surface area contributed by atoms with E-state index in [-0.39, 0.29) is 0 Å². The van der Waals surface area contributed by atoms with Crippen LogP contribution in [0, 0.1) is 6.92 Å². The number of hydrogen-bond acceptors (Lipinski definition) is 5. The van der Waals surface area contributed by atoms with Gasteiger partial charge in [-0.05, 0) is 36.2 Å². The van der Waals surface area contributed by atoms with Crippen LogP contribution >= 0.6 is 0 Å². The van der Waals surface area contributed by atoms with Gasteiger partial charge in [0.1, 0.15) is 5.71 Å². The molecular formula is C20H18N6. The van der Waals surface area contributed by atoms with Crippen molar-refractivity contribution in [2.45, 2.75) is 6.92 Å². The van der Waals surface area contributed by atoms with E-state index in [4.69, 9.17) is 5.73 Å². The van der Waals surface area contributed by atoms with E-state index in [1.807, 2.05) is 12.1 Å². The second kappa shape index (κ2) is 6.40. The van der Waals surface area contributed by atoms with Gasteiger partial charge in [0.2, 0.25) is 0 Å². The third-order valence-electron chi connectivity index (χ3n) is 4.32. The number of benzene rings is 1. The Balaban J connectivity index is 1.83. The lowest BCUT2D eigenvalue weighted by atomic mass is 9.97. The van der Waals surface area contributed by atoms with E-state index in [0.717, 1.165) is 44.8 Å². The zero-order chi connectivity index (χ0) is 18.1. The van der Waals surface area contributed by atoms with Crippen molar-refractivity contribution in [3.63, 3.8) is 0 Å². The van der Waals surface area contributed by atoms with Crippen LogP contribution in [0.4, 0.5) is 5.69 Å². The molecule has 6 nitrogen and oxygen atoms in total. The largest absolute Gasteiger partial charge is 0.397 e. The lowest BCUT2D eigenvalue weighted by Gasteiger charge is -2.10. The molecule has 0 saturated heterocycles. The summed E-state index contributed by atoms with van der Waals surface area (Å²) in [6.07, 6.45) is 6.94. The fourth-order valence-corrected chi connectivity index (χ4v) is 3.00. The first-order valence-corrected chi connectivity index (χ1v) is 8.24. The second-order valence-corrected chi connectivity index (χ2v) is 6.09. The van der Waals surface area contributed by atoms with Crippen molar-refractivity contribution < 1.29 is 0 Å². The Morgan fingerprint density at radius 2 is 1.92 bits per heavy atom. The van der Waals surface area contributed by atoms with Crippen LogP contribution in [0.25, 0.3) is 22.2 Å². The Labute approximate surface area is 150 Å². The summed E-state index contributed by atoms with van der Waals surface area (Å²) < 4.78 is 0. The van der Waals surface area contributed by atoms with Crippen LogP contribution in [0.2, 0.25) is 0 Å². The normalized spacial score (nSPS) is 11.8. The van der Waals surface area contributed by atoms with Crippen molar-refractivity contribution in [2.24, 2.45) is 4.99 Å². The van der Waals surface area contributed by atoms with E-state index in [1.165, 1.54) is 0 Å². The van der Waals surface area contributed by atoms with Crippen molar-refractivity contribution in [1.29, 1.82) is 0 Å². The SMILES string of the molecule is C/N=C(/c1nc2ccncc2[nH]1)c1cc(-c2cncc(N)c2)ccc1C. The molecule has 0 aliphatic heterocycles. The number of nitrogens with zero attached hydrogens (tertiary/aromatic N) is 4. The predicted molar refractivity (Wildman–Crippen MR) is 104 cm³/mol. The Morgan fingerprint density at radius 3 is 2.69 bits per heavy atom. The number of imidazole rings is 1. The highest BCUT2D eigenvalue weighted by Gasteiger charge is 2.15. The number of aromatic nitrogens is 4. The highest BCUT2D eigenvalue weighted by molar-refractivity contribution is 6.13. The minimum Gasteiger partial charge on any atom is -0.397 e. The van der Waals surface area contributed by atoms with Crippen molar-refractivity contribution in [2.75, 3.05) is 12.8 Å². The van der Waals surface area contributed by atoms with E-state index in [0.29, 0.717) is 5.69 Å². The molecule has 6 heteroatoms. The van der Waals surface area contributed by atoms with E-state index >= 15 is 0 Å². The molecule has 3 heterocycles. The van der Waals surface area contributed by atoms with Crippen LogP contribution < -0.4 is 5.73 Å². The Bertz CT molecular complexity index is 1090. The van der Waals surface area contributed by atoms with Crippen LogP contribution in [0.5, 0.6) is 0 Å². The van der Waals surface area contributed by atoms with E-state index in [9.17, 15) is 0 Å². The number of fused-ring (bicyclic) bond motifs is 1. The number of anilines is 1. The van der Waals surface area contributed by atoms with Gasteiger partial charge >= 0.3 is 0 Å². The van der Waals surface area contributed by atoms with Gasteiger partial charge in [-0.3, -0.25) is 15.0 Å². The molecule has 0 atom stereocenters. The van der Waals surface area contributed by atoms with Crippen molar-refractivity contribution >= 4 is 22.4 Å². The quantitative estimate of drug-likeness (QED) is 0.558. The molecule has 0 aliphatic rings. The summed E-state index contributed by atoms with van der Waals surface area (Å²) in [5.41, 5.74) is 13.2. The first-order chi connectivity index (χ1) is 12.7. The topological polar surface area (TPSA) is 92.8 Å². The van der Waals surface area contributed by atoms with Gasteiger partial charge < -0.3 is 10.7 Å². The van der Waals surface area contributed by atoms with Crippen LogP contribution in [-0.4, -0.2) is 32.7 Å². The molecule has 0 radical (unpaired) electrons. The average molecular weight is 342 g/mol. The van der Waals surface area contributed by atoms with Crippen molar-refractivity contribution in [3.05, 3.63) is 72.1 Å². The number of rotatable bonds is 3. The molecule has 4 rings (SSSR count). The minimum atomic E-state index is 0.638. The number of pyridine rings is 2. The summed E-state index contributed by atoms with van der Waals surface area (Å²) >= 11 is 0. The molecule has 3 N–H and O–H groups in total. The summed E-state index contributed by atoms with van der Waals surface area (Å²) in [6, 6.07) is 10.0. The highest BCUT2D eigenvalue weighted by Crippen LogP contribution is 2.25. The van der Waals surface area contributed by atoms with Crippen LogP contribution in [0.15, 0.2) is 60.1 Å². The molecule has 0 fully saturated rings. The van der Waals surface area contributed by atoms with Gasteiger partial charge in [0.15, 0.2) is 5.82 Å². The molecule has 0 bridgehead atoms. The highest BCUT2D eigenvalue weighted by atomic mass is 15.0. The number of H-pyrrole nitrogens is 1. The number of aryl methyl sites for hydroxylation is 1. The standard InChI is InChI=1S/C20H18N6/c1-12-3-4-13(14-7-15(21)10-24-9-14)8-16(12)19(22-2)20-25-17-5-6-23-11-18(17)26-20/h3-11H,21H2,1-2H3,(H,25,26)/b22-19+. The van der Waals surface area contributed by atoms with E-state index in [2.05, 4.69) is 50.1 Å². The van der Waals surface area contributed by atoms with Gasteiger partial charge in [-0.2, -0.15) is 0 Å². The summed E-state index contributed by atoms with van der Waals surface area (Å²) in [5.74, 6) is 0.724. The van der Waals surface area contributed by atoms with E-state index in [1.54, 1.807) is 31.8 Å². The minimum absolute atomic E-state index is 0.638. The van der Waals surface area contributed by atoms with Gasteiger partial charge in [0, 0.05) is 36.8 Å². The molecule has 0 amide bonds. The maximum Gasteiger partial charge on any atom is 0.157 e. The van der Waals surface area contributed by atoms with Gasteiger partial charge in [-0.1, -0.05) is 12.1 Å². The smallest absolute Gasteiger partial charge is 0.157 e. The molecule has 4 aromatic rings. The lowest BCUT2D eigenvalue weighted by Crippen LogP contribution is -2.08. The van der Waals surface area contributed by atoms with Crippen LogP contribution in [-0.2, 0) is 0 Å². The first-order valence-electron chi connectivity index (χ1n) is 8.24. The first kappa shape index (κ1) is 16.0. The number of nitrogen functional groups attached to an aromatic ring is 1. The average Bonchev–Trinajstić information content (AvgIpc) is 3.07. The Hall–Kier alpha value is -3.54. The van der Waals surface area contributed by atoms with Gasteiger partial charge in [0.25, 0.3) is 0 Å². The third-order valence-corrected chi connectivity index (χ3v) is 4.32. The third kappa shape index (κ3) is 2.82. The molecule has 0 unspecified atom stereocenters. The summed E-state index contributed by atoms with van der Waals surface area (Å²) in [4.78, 5) is 20.8. The molecule has 0 aliphatic carbocycles. The van der Waals surface area contributed by atoms with Gasteiger partial charge in [-0.25, -0.2) is 4.98 Å². The summed E-state index contributed by atoms with van der Waals surface area (Å²) in [6.45, 7) is 2.06. The molecule has 0 spiro atoms. The maximum atomic E-state index is 5.88. The molecule has 0 saturated carbocycles. The van der Waals surface area contributed by atoms with Gasteiger partial charge in [0.05, 0.1) is 22.9 Å². The van der Waals surface area contributed by atoms with Crippen LogP contribution in [0.1, 0.15) is 17.0 Å². The Kier molecular flexibility index (Phi) is 3.93. The Morgan fingerprint density at radius 1 is 1.04 bits per heavy atom. The zero-order valence-electron chi connectivity index (χ0n) is 14.6.